The third-order valence-corrected chi connectivity index (χ3v) is 6.27. The number of aliphatic hydroxyl groups excluding tert-OH is 1. The summed E-state index contributed by atoms with van der Waals surface area (Å²) in [5.41, 5.74) is 1.02. The van der Waals surface area contributed by atoms with Crippen LogP contribution in [0.2, 0.25) is 0 Å². The number of hydrogen-bond acceptors (Lipinski definition) is 5. The molecule has 0 unspecified atom stereocenters. The topological polar surface area (TPSA) is 80.0 Å². The fraction of sp³-hybridized carbons (Fsp3) is 0.478. The van der Waals surface area contributed by atoms with Gasteiger partial charge in [0.2, 0.25) is 0 Å². The fourth-order valence-electron chi connectivity index (χ4n) is 4.53. The van der Waals surface area contributed by atoms with Gasteiger partial charge in [0, 0.05) is 30.8 Å². The number of rotatable bonds is 6. The lowest BCUT2D eigenvalue weighted by Crippen LogP contribution is -2.38. The van der Waals surface area contributed by atoms with Crippen molar-refractivity contribution in [2.75, 3.05) is 32.9 Å². The van der Waals surface area contributed by atoms with Crippen LogP contribution in [0.1, 0.15) is 33.7 Å². The molecule has 0 saturated carbocycles. The molecule has 1 amide bonds. The van der Waals surface area contributed by atoms with E-state index in [1.54, 1.807) is 17.9 Å². The van der Waals surface area contributed by atoms with E-state index in [-0.39, 0.29) is 24.0 Å². The first-order valence-electron chi connectivity index (χ1n) is 10.2. The van der Waals surface area contributed by atoms with E-state index in [1.807, 2.05) is 18.2 Å². The predicted octanol–water partition coefficient (Wildman–Crippen LogP) is 2.20. The SMILES string of the molecule is Cc1cc(CCCc2ccccc2)oc(=O)c1C(=O)N1C[C@H]2COC[C@@]2(CO)C1. The lowest BCUT2D eigenvalue weighted by Gasteiger charge is -2.24. The van der Waals surface area contributed by atoms with Gasteiger partial charge in [0.05, 0.1) is 19.8 Å². The second-order valence-electron chi connectivity index (χ2n) is 8.32. The van der Waals surface area contributed by atoms with Crippen molar-refractivity contribution in [1.29, 1.82) is 0 Å². The van der Waals surface area contributed by atoms with Gasteiger partial charge in [-0.15, -0.1) is 0 Å². The zero-order valence-electron chi connectivity index (χ0n) is 16.7. The van der Waals surface area contributed by atoms with Crippen molar-refractivity contribution in [3.8, 4) is 0 Å². The normalized spacial score (nSPS) is 23.4. The molecular formula is C23H27NO5. The second kappa shape index (κ2) is 8.13. The highest BCUT2D eigenvalue weighted by Crippen LogP contribution is 2.41. The van der Waals surface area contributed by atoms with Crippen LogP contribution >= 0.6 is 0 Å². The second-order valence-corrected chi connectivity index (χ2v) is 8.32. The van der Waals surface area contributed by atoms with Crippen LogP contribution in [0.15, 0.2) is 45.6 Å². The molecule has 2 atom stereocenters. The molecule has 29 heavy (non-hydrogen) atoms. The van der Waals surface area contributed by atoms with Gasteiger partial charge in [-0.05, 0) is 37.0 Å². The molecule has 2 aliphatic rings. The number of amides is 1. The number of hydrogen-bond donors (Lipinski definition) is 1. The van der Waals surface area contributed by atoms with E-state index in [0.29, 0.717) is 44.0 Å². The summed E-state index contributed by atoms with van der Waals surface area (Å²) >= 11 is 0. The lowest BCUT2D eigenvalue weighted by atomic mass is 9.82. The van der Waals surface area contributed by atoms with Gasteiger partial charge in [-0.3, -0.25) is 4.79 Å². The Labute approximate surface area is 170 Å². The molecular weight excluding hydrogens is 370 g/mol. The number of likely N-dealkylation sites (tertiary alicyclic amines) is 1. The molecule has 2 aliphatic heterocycles. The molecule has 2 fully saturated rings. The van der Waals surface area contributed by atoms with Crippen molar-refractivity contribution in [3.63, 3.8) is 0 Å². The predicted molar refractivity (Wildman–Crippen MR) is 108 cm³/mol. The Bertz CT molecular complexity index is 938. The molecule has 1 aromatic carbocycles. The molecule has 2 aromatic rings. The molecule has 0 radical (unpaired) electrons. The molecule has 3 heterocycles. The molecule has 2 saturated heterocycles. The Morgan fingerprint density at radius 3 is 2.76 bits per heavy atom. The zero-order valence-corrected chi connectivity index (χ0v) is 16.7. The van der Waals surface area contributed by atoms with E-state index in [4.69, 9.17) is 9.15 Å². The molecule has 6 heteroatoms. The number of aryl methyl sites for hydroxylation is 3. The van der Waals surface area contributed by atoms with Gasteiger partial charge in [-0.2, -0.15) is 0 Å². The van der Waals surface area contributed by atoms with Crippen molar-refractivity contribution in [1.82, 2.24) is 4.90 Å². The summed E-state index contributed by atoms with van der Waals surface area (Å²) < 4.78 is 11.0. The first kappa shape index (κ1) is 19.9. The van der Waals surface area contributed by atoms with Crippen molar-refractivity contribution in [2.24, 2.45) is 11.3 Å². The Hall–Kier alpha value is -2.44. The summed E-state index contributed by atoms with van der Waals surface area (Å²) in [6.45, 7) is 3.66. The highest BCUT2D eigenvalue weighted by atomic mass is 16.5. The standard InChI is InChI=1S/C23H27NO5/c1-16-10-19(9-5-8-17-6-3-2-4-7-17)29-22(27)20(16)21(26)24-11-18-12-28-15-23(18,13-24)14-25/h2-4,6-7,10,18,25H,5,8-9,11-15H2,1H3/t18-,23-/m0/s1. The molecule has 0 aliphatic carbocycles. The number of carbonyl (C=O) groups excluding carboxylic acids is 1. The Morgan fingerprint density at radius 2 is 2.07 bits per heavy atom. The molecule has 6 nitrogen and oxygen atoms in total. The largest absolute Gasteiger partial charge is 0.427 e. The van der Waals surface area contributed by atoms with E-state index >= 15 is 0 Å². The Morgan fingerprint density at radius 1 is 1.28 bits per heavy atom. The average molecular weight is 397 g/mol. The number of benzene rings is 1. The number of fused-ring (bicyclic) bond motifs is 1. The third-order valence-electron chi connectivity index (χ3n) is 6.27. The third kappa shape index (κ3) is 3.87. The first-order valence-corrected chi connectivity index (χ1v) is 10.2. The van der Waals surface area contributed by atoms with Gasteiger partial charge < -0.3 is 19.2 Å². The summed E-state index contributed by atoms with van der Waals surface area (Å²) in [4.78, 5) is 27.3. The smallest absolute Gasteiger partial charge is 0.349 e. The summed E-state index contributed by atoms with van der Waals surface area (Å²) in [7, 11) is 0. The van der Waals surface area contributed by atoms with Gasteiger partial charge >= 0.3 is 5.63 Å². The highest BCUT2D eigenvalue weighted by molar-refractivity contribution is 5.95. The monoisotopic (exact) mass is 397 g/mol. The van der Waals surface area contributed by atoms with Crippen LogP contribution in [-0.4, -0.2) is 48.8 Å². The summed E-state index contributed by atoms with van der Waals surface area (Å²) in [5.74, 6) is 0.411. The van der Waals surface area contributed by atoms with Gasteiger partial charge in [0.1, 0.15) is 11.3 Å². The van der Waals surface area contributed by atoms with Crippen LogP contribution in [-0.2, 0) is 17.6 Å². The minimum absolute atomic E-state index is 0.0185. The van der Waals surface area contributed by atoms with Crippen molar-refractivity contribution >= 4 is 5.91 Å². The molecule has 154 valence electrons. The summed E-state index contributed by atoms with van der Waals surface area (Å²) in [5, 5.41) is 9.81. The van der Waals surface area contributed by atoms with Gasteiger partial charge in [-0.1, -0.05) is 30.3 Å². The number of nitrogens with zero attached hydrogens (tertiary/aromatic N) is 1. The van der Waals surface area contributed by atoms with Crippen LogP contribution in [0.4, 0.5) is 0 Å². The maximum absolute atomic E-state index is 13.0. The summed E-state index contributed by atoms with van der Waals surface area (Å²) in [6, 6.07) is 12.0. The van der Waals surface area contributed by atoms with Gasteiger partial charge in [-0.25, -0.2) is 4.79 Å². The molecule has 4 rings (SSSR count). The van der Waals surface area contributed by atoms with E-state index in [0.717, 1.165) is 12.8 Å². The fourth-order valence-corrected chi connectivity index (χ4v) is 4.53. The molecule has 0 bridgehead atoms. The van der Waals surface area contributed by atoms with Crippen LogP contribution in [0.25, 0.3) is 0 Å². The Kier molecular flexibility index (Phi) is 5.56. The maximum Gasteiger partial charge on any atom is 0.349 e. The summed E-state index contributed by atoms with van der Waals surface area (Å²) in [6.07, 6.45) is 2.42. The van der Waals surface area contributed by atoms with E-state index in [9.17, 15) is 14.7 Å². The highest BCUT2D eigenvalue weighted by Gasteiger charge is 2.51. The molecule has 0 spiro atoms. The van der Waals surface area contributed by atoms with Crippen LogP contribution in [0.5, 0.6) is 0 Å². The Balaban J connectivity index is 1.45. The van der Waals surface area contributed by atoms with Crippen LogP contribution < -0.4 is 5.63 Å². The minimum Gasteiger partial charge on any atom is -0.427 e. The molecule has 1 N–H and O–H groups in total. The first-order chi connectivity index (χ1) is 14.0. The van der Waals surface area contributed by atoms with E-state index in [2.05, 4.69) is 12.1 Å². The van der Waals surface area contributed by atoms with Crippen molar-refractivity contribution in [3.05, 3.63) is 69.3 Å². The quantitative estimate of drug-likeness (QED) is 0.808. The minimum atomic E-state index is -0.573. The number of carbonyl (C=O) groups is 1. The van der Waals surface area contributed by atoms with Crippen LogP contribution in [0, 0.1) is 18.3 Å². The van der Waals surface area contributed by atoms with Gasteiger partial charge in [0.25, 0.3) is 5.91 Å². The van der Waals surface area contributed by atoms with Crippen LogP contribution in [0.3, 0.4) is 0 Å². The van der Waals surface area contributed by atoms with E-state index in [1.165, 1.54) is 5.56 Å². The van der Waals surface area contributed by atoms with Crippen molar-refractivity contribution < 1.29 is 19.1 Å². The maximum atomic E-state index is 13.0. The van der Waals surface area contributed by atoms with Crippen molar-refractivity contribution in [2.45, 2.75) is 26.2 Å². The average Bonchev–Trinajstić information content (AvgIpc) is 3.26. The number of aliphatic hydroxyl groups is 1. The van der Waals surface area contributed by atoms with E-state index < -0.39 is 11.0 Å². The van der Waals surface area contributed by atoms with Gasteiger partial charge in [0.15, 0.2) is 0 Å². The molecule has 1 aromatic heterocycles. The lowest BCUT2D eigenvalue weighted by molar-refractivity contribution is 0.0627. The zero-order chi connectivity index (χ0) is 20.4. The number of ether oxygens (including phenoxy) is 1.